The van der Waals surface area contributed by atoms with Gasteiger partial charge in [-0.3, -0.25) is 4.40 Å². The molecule has 1 N–H and O–H groups in total. The molecule has 2 heterocycles. The number of anilines is 1. The summed E-state index contributed by atoms with van der Waals surface area (Å²) in [5.41, 5.74) is 0.628. The third-order valence-corrected chi connectivity index (χ3v) is 3.55. The van der Waals surface area contributed by atoms with Crippen molar-refractivity contribution in [3.05, 3.63) is 46.8 Å². The van der Waals surface area contributed by atoms with E-state index >= 15 is 0 Å². The number of ether oxygens (including phenoxy) is 1. The van der Waals surface area contributed by atoms with E-state index in [2.05, 4.69) is 15.3 Å². The molecule has 0 bridgehead atoms. The predicted octanol–water partition coefficient (Wildman–Crippen LogP) is 4.26. The van der Waals surface area contributed by atoms with Crippen LogP contribution in [0.4, 0.5) is 5.82 Å². The molecule has 0 atom stereocenters. The Balaban J connectivity index is 2.01. The van der Waals surface area contributed by atoms with Gasteiger partial charge in [-0.1, -0.05) is 23.2 Å². The second kappa shape index (κ2) is 5.79. The van der Waals surface area contributed by atoms with Crippen molar-refractivity contribution in [2.45, 2.75) is 6.92 Å². The minimum atomic E-state index is 0.400. The number of nitrogens with one attached hydrogen (secondary N) is 1. The molecular weight excluding hydrogens is 311 g/mol. The number of rotatable bonds is 4. The van der Waals surface area contributed by atoms with Crippen LogP contribution < -0.4 is 10.1 Å². The monoisotopic (exact) mass is 322 g/mol. The van der Waals surface area contributed by atoms with Crippen molar-refractivity contribution in [1.29, 1.82) is 0 Å². The van der Waals surface area contributed by atoms with E-state index in [1.54, 1.807) is 24.4 Å². The SMILES string of the molecule is CCNc1cn2ccnc2c(Oc2ccc(Cl)c(Cl)c2)n1. The second-order valence-electron chi connectivity index (χ2n) is 4.30. The maximum atomic E-state index is 5.99. The van der Waals surface area contributed by atoms with E-state index in [0.717, 1.165) is 6.54 Å². The number of fused-ring (bicyclic) bond motifs is 1. The Morgan fingerprint density at radius 1 is 1.29 bits per heavy atom. The quantitative estimate of drug-likeness (QED) is 0.779. The summed E-state index contributed by atoms with van der Waals surface area (Å²) in [6.07, 6.45) is 5.38. The fourth-order valence-electron chi connectivity index (χ4n) is 1.89. The van der Waals surface area contributed by atoms with Gasteiger partial charge in [-0.15, -0.1) is 0 Å². The zero-order valence-electron chi connectivity index (χ0n) is 11.2. The van der Waals surface area contributed by atoms with Crippen LogP contribution in [0.5, 0.6) is 11.6 Å². The molecule has 2 aromatic heterocycles. The Bertz CT molecular complexity index is 788. The van der Waals surface area contributed by atoms with Crippen LogP contribution in [-0.4, -0.2) is 20.9 Å². The van der Waals surface area contributed by atoms with E-state index < -0.39 is 0 Å². The second-order valence-corrected chi connectivity index (χ2v) is 5.11. The fraction of sp³-hybridized carbons (Fsp3) is 0.143. The first-order valence-corrected chi connectivity index (χ1v) is 7.13. The van der Waals surface area contributed by atoms with Crippen molar-refractivity contribution >= 4 is 34.7 Å². The van der Waals surface area contributed by atoms with Crippen LogP contribution in [0, 0.1) is 0 Å². The lowest BCUT2D eigenvalue weighted by Crippen LogP contribution is -2.03. The Labute approximate surface area is 131 Å². The van der Waals surface area contributed by atoms with Crippen molar-refractivity contribution in [2.24, 2.45) is 0 Å². The van der Waals surface area contributed by atoms with Crippen LogP contribution in [0.15, 0.2) is 36.8 Å². The summed E-state index contributed by atoms with van der Waals surface area (Å²) in [6.45, 7) is 2.76. The molecule has 0 aliphatic heterocycles. The van der Waals surface area contributed by atoms with Crippen LogP contribution in [0.2, 0.25) is 10.0 Å². The molecule has 0 unspecified atom stereocenters. The highest BCUT2D eigenvalue weighted by Crippen LogP contribution is 2.30. The third-order valence-electron chi connectivity index (χ3n) is 2.81. The molecule has 0 spiro atoms. The van der Waals surface area contributed by atoms with Gasteiger partial charge in [-0.2, -0.15) is 4.98 Å². The largest absolute Gasteiger partial charge is 0.436 e. The van der Waals surface area contributed by atoms with Gasteiger partial charge in [0.2, 0.25) is 5.65 Å². The van der Waals surface area contributed by atoms with Gasteiger partial charge in [-0.05, 0) is 19.1 Å². The topological polar surface area (TPSA) is 51.5 Å². The lowest BCUT2D eigenvalue weighted by molar-refractivity contribution is 0.466. The molecule has 21 heavy (non-hydrogen) atoms. The van der Waals surface area contributed by atoms with Gasteiger partial charge in [0.15, 0.2) is 0 Å². The molecule has 0 saturated carbocycles. The molecule has 0 amide bonds. The third kappa shape index (κ3) is 2.89. The van der Waals surface area contributed by atoms with E-state index in [0.29, 0.717) is 33.1 Å². The average Bonchev–Trinajstić information content (AvgIpc) is 2.92. The highest BCUT2D eigenvalue weighted by atomic mass is 35.5. The minimum absolute atomic E-state index is 0.400. The Morgan fingerprint density at radius 3 is 2.90 bits per heavy atom. The first-order valence-electron chi connectivity index (χ1n) is 6.38. The van der Waals surface area contributed by atoms with Crippen LogP contribution in [0.25, 0.3) is 5.65 Å². The number of imidazole rings is 1. The molecule has 0 radical (unpaired) electrons. The van der Waals surface area contributed by atoms with Crippen molar-refractivity contribution in [1.82, 2.24) is 14.4 Å². The number of benzene rings is 1. The number of hydrogen-bond acceptors (Lipinski definition) is 4. The Hall–Kier alpha value is -1.98. The van der Waals surface area contributed by atoms with Gasteiger partial charge in [0.05, 0.1) is 16.2 Å². The van der Waals surface area contributed by atoms with Crippen molar-refractivity contribution in [2.75, 3.05) is 11.9 Å². The summed E-state index contributed by atoms with van der Waals surface area (Å²) in [6, 6.07) is 5.05. The van der Waals surface area contributed by atoms with E-state index in [4.69, 9.17) is 27.9 Å². The first kappa shape index (κ1) is 14.0. The minimum Gasteiger partial charge on any atom is -0.436 e. The zero-order valence-corrected chi connectivity index (χ0v) is 12.7. The highest BCUT2D eigenvalue weighted by molar-refractivity contribution is 6.42. The first-order chi connectivity index (χ1) is 10.2. The van der Waals surface area contributed by atoms with Gasteiger partial charge < -0.3 is 10.1 Å². The molecule has 3 rings (SSSR count). The van der Waals surface area contributed by atoms with Crippen LogP contribution in [0.1, 0.15) is 6.92 Å². The van der Waals surface area contributed by atoms with E-state index in [1.807, 2.05) is 23.7 Å². The molecule has 108 valence electrons. The lowest BCUT2D eigenvalue weighted by atomic mass is 10.3. The summed E-state index contributed by atoms with van der Waals surface area (Å²) in [4.78, 5) is 8.66. The van der Waals surface area contributed by atoms with Crippen molar-refractivity contribution < 1.29 is 4.74 Å². The number of hydrogen-bond donors (Lipinski definition) is 1. The summed E-state index contributed by atoms with van der Waals surface area (Å²) in [5.74, 6) is 1.66. The number of aromatic nitrogens is 3. The Morgan fingerprint density at radius 2 is 2.14 bits per heavy atom. The average molecular weight is 323 g/mol. The Kier molecular flexibility index (Phi) is 3.86. The van der Waals surface area contributed by atoms with E-state index in [1.165, 1.54) is 0 Å². The van der Waals surface area contributed by atoms with Crippen molar-refractivity contribution in [3.63, 3.8) is 0 Å². The van der Waals surface area contributed by atoms with Gasteiger partial charge in [-0.25, -0.2) is 4.98 Å². The van der Waals surface area contributed by atoms with Crippen molar-refractivity contribution in [3.8, 4) is 11.6 Å². The molecule has 0 fully saturated rings. The maximum absolute atomic E-state index is 5.99. The summed E-state index contributed by atoms with van der Waals surface area (Å²) in [5, 5.41) is 4.05. The number of halogens is 2. The molecule has 5 nitrogen and oxygen atoms in total. The normalized spacial score (nSPS) is 10.8. The predicted molar refractivity (Wildman–Crippen MR) is 83.7 cm³/mol. The van der Waals surface area contributed by atoms with Crippen LogP contribution in [-0.2, 0) is 0 Å². The fourth-order valence-corrected chi connectivity index (χ4v) is 2.18. The maximum Gasteiger partial charge on any atom is 0.265 e. The molecule has 7 heteroatoms. The van der Waals surface area contributed by atoms with Crippen LogP contribution >= 0.6 is 23.2 Å². The van der Waals surface area contributed by atoms with E-state index in [9.17, 15) is 0 Å². The van der Waals surface area contributed by atoms with Gasteiger partial charge in [0, 0.05) is 25.0 Å². The zero-order chi connectivity index (χ0) is 14.8. The molecule has 0 aliphatic carbocycles. The summed E-state index contributed by atoms with van der Waals surface area (Å²) in [7, 11) is 0. The smallest absolute Gasteiger partial charge is 0.265 e. The molecule has 0 saturated heterocycles. The standard InChI is InChI=1S/C14H12Cl2N4O/c1-2-17-12-8-20-6-5-18-13(20)14(19-12)21-9-3-4-10(15)11(16)7-9/h3-8,17H,2H2,1H3. The number of nitrogens with zero attached hydrogens (tertiary/aromatic N) is 3. The van der Waals surface area contributed by atoms with E-state index in [-0.39, 0.29) is 0 Å². The lowest BCUT2D eigenvalue weighted by Gasteiger charge is -2.09. The molecular formula is C14H12Cl2N4O. The molecule has 3 aromatic rings. The molecule has 0 aliphatic rings. The highest BCUT2D eigenvalue weighted by Gasteiger charge is 2.10. The van der Waals surface area contributed by atoms with Crippen LogP contribution in [0.3, 0.4) is 0 Å². The summed E-state index contributed by atoms with van der Waals surface area (Å²) < 4.78 is 7.64. The van der Waals surface area contributed by atoms with Gasteiger partial charge in [0.1, 0.15) is 11.6 Å². The molecule has 1 aromatic carbocycles. The van der Waals surface area contributed by atoms with Gasteiger partial charge >= 0.3 is 0 Å². The summed E-state index contributed by atoms with van der Waals surface area (Å²) >= 11 is 11.9. The van der Waals surface area contributed by atoms with Gasteiger partial charge in [0.25, 0.3) is 5.88 Å².